The fraction of sp³-hybridized carbons (Fsp3) is 0.714. The van der Waals surface area contributed by atoms with Crippen LogP contribution in [0.3, 0.4) is 0 Å². The molecule has 3 aliphatic rings. The fourth-order valence-corrected chi connectivity index (χ4v) is 6.32. The predicted molar refractivity (Wildman–Crippen MR) is 127 cm³/mol. The molecule has 3 saturated carbocycles. The molecule has 2 N–H and O–H groups in total. The average molecular weight is 413 g/mol. The number of hydrogen-bond donors (Lipinski definition) is 2. The summed E-state index contributed by atoms with van der Waals surface area (Å²) in [5.41, 5.74) is 3.77. The molecule has 3 aliphatic carbocycles. The number of hydrogen-bond acceptors (Lipinski definition) is 2. The zero-order valence-electron chi connectivity index (χ0n) is 19.9. The Morgan fingerprint density at radius 1 is 1.07 bits per heavy atom. The highest BCUT2D eigenvalue weighted by Gasteiger charge is 2.50. The van der Waals surface area contributed by atoms with Gasteiger partial charge in [0.1, 0.15) is 0 Å². The maximum absolute atomic E-state index is 10.1. The molecule has 0 aromatic heterocycles. The van der Waals surface area contributed by atoms with E-state index in [9.17, 15) is 10.2 Å². The molecule has 0 saturated heterocycles. The van der Waals surface area contributed by atoms with E-state index in [0.29, 0.717) is 41.9 Å². The Morgan fingerprint density at radius 3 is 2.50 bits per heavy atom. The highest BCUT2D eigenvalue weighted by molar-refractivity contribution is 5.38. The molecule has 0 spiro atoms. The van der Waals surface area contributed by atoms with Crippen LogP contribution in [0.4, 0.5) is 0 Å². The van der Waals surface area contributed by atoms with Gasteiger partial charge in [0.15, 0.2) is 0 Å². The lowest BCUT2D eigenvalue weighted by Crippen LogP contribution is -2.35. The van der Waals surface area contributed by atoms with Crippen LogP contribution in [0.5, 0.6) is 0 Å². The van der Waals surface area contributed by atoms with Gasteiger partial charge in [0.05, 0.1) is 12.2 Å². The molecule has 0 aromatic carbocycles. The first-order valence-electron chi connectivity index (χ1n) is 12.3. The number of allylic oxidation sites excluding steroid dienone is 5. The Hall–Kier alpha value is -1.12. The lowest BCUT2D eigenvalue weighted by Gasteiger charge is -2.44. The third-order valence-electron chi connectivity index (χ3n) is 8.71. The van der Waals surface area contributed by atoms with Crippen molar-refractivity contribution in [2.24, 2.45) is 35.0 Å². The van der Waals surface area contributed by atoms with E-state index < -0.39 is 12.2 Å². The summed E-state index contributed by atoms with van der Waals surface area (Å²) in [4.78, 5) is 0. The molecule has 0 amide bonds. The average Bonchev–Trinajstić information content (AvgIpc) is 3.04. The Labute approximate surface area is 184 Å². The molecule has 0 radical (unpaired) electrons. The van der Waals surface area contributed by atoms with Crippen molar-refractivity contribution in [3.05, 3.63) is 47.6 Å². The minimum atomic E-state index is -0.605. The van der Waals surface area contributed by atoms with Gasteiger partial charge >= 0.3 is 0 Å². The van der Waals surface area contributed by atoms with Gasteiger partial charge in [-0.25, -0.2) is 0 Å². The second kappa shape index (κ2) is 9.57. The normalized spacial score (nSPS) is 39.8. The van der Waals surface area contributed by atoms with Crippen molar-refractivity contribution >= 4 is 0 Å². The molecule has 168 valence electrons. The van der Waals surface area contributed by atoms with Crippen LogP contribution < -0.4 is 0 Å². The van der Waals surface area contributed by atoms with Crippen LogP contribution in [-0.2, 0) is 0 Å². The lowest BCUT2D eigenvalue weighted by molar-refractivity contribution is 0.0862. The van der Waals surface area contributed by atoms with Crippen molar-refractivity contribution in [1.29, 1.82) is 0 Å². The molecular formula is C28H44O2. The Balaban J connectivity index is 1.76. The second-order valence-corrected chi connectivity index (χ2v) is 11.0. The number of fused-ring (bicyclic) bond motifs is 1. The van der Waals surface area contributed by atoms with Crippen LogP contribution in [-0.4, -0.2) is 22.4 Å². The van der Waals surface area contributed by atoms with Crippen LogP contribution in [0, 0.1) is 35.0 Å². The summed E-state index contributed by atoms with van der Waals surface area (Å²) < 4.78 is 0. The summed E-state index contributed by atoms with van der Waals surface area (Å²) in [6.07, 6.45) is 15.8. The van der Waals surface area contributed by atoms with Crippen LogP contribution in [0.25, 0.3) is 0 Å². The summed E-state index contributed by atoms with van der Waals surface area (Å²) in [5, 5.41) is 20.2. The third kappa shape index (κ3) is 4.86. The largest absolute Gasteiger partial charge is 0.393 e. The van der Waals surface area contributed by atoms with Gasteiger partial charge in [-0.2, -0.15) is 0 Å². The highest BCUT2D eigenvalue weighted by atomic mass is 16.3. The highest BCUT2D eigenvalue weighted by Crippen LogP contribution is 2.59. The zero-order valence-corrected chi connectivity index (χ0v) is 19.9. The van der Waals surface area contributed by atoms with E-state index in [1.165, 1.54) is 32.1 Å². The van der Waals surface area contributed by atoms with Crippen molar-refractivity contribution in [3.8, 4) is 0 Å². The predicted octanol–water partition coefficient (Wildman–Crippen LogP) is 6.61. The molecule has 2 heteroatoms. The van der Waals surface area contributed by atoms with Gasteiger partial charge in [0.2, 0.25) is 0 Å². The van der Waals surface area contributed by atoms with Crippen LogP contribution in [0.1, 0.15) is 79.6 Å². The van der Waals surface area contributed by atoms with Gasteiger partial charge in [-0.05, 0) is 84.7 Å². The molecule has 2 nitrogen and oxygen atoms in total. The van der Waals surface area contributed by atoms with Gasteiger partial charge in [0, 0.05) is 6.42 Å². The molecule has 0 aromatic rings. The molecule has 0 aliphatic heterocycles. The van der Waals surface area contributed by atoms with E-state index in [-0.39, 0.29) is 0 Å². The number of aliphatic hydroxyl groups is 2. The van der Waals surface area contributed by atoms with Crippen LogP contribution >= 0.6 is 0 Å². The zero-order chi connectivity index (χ0) is 22.1. The van der Waals surface area contributed by atoms with E-state index in [1.807, 2.05) is 0 Å². The minimum Gasteiger partial charge on any atom is -0.393 e. The standard InChI is InChI=1S/C28H44O2/c1-18(2)19(3)9-10-20(4)25-13-14-26-22(8-7-15-28(25,26)6)11-12-23-16-24(29)17-27(30)21(23)5/h9-12,18-20,24-27,29-30H,5,7-8,13-17H2,1-4,6H3/b10-9+,22-11+,23-12-/t19-,20+,24+,25-,26+,27-,28-/m0/s1. The van der Waals surface area contributed by atoms with Gasteiger partial charge in [0.25, 0.3) is 0 Å². The maximum Gasteiger partial charge on any atom is 0.0811 e. The first-order chi connectivity index (χ1) is 14.1. The molecule has 0 bridgehead atoms. The summed E-state index contributed by atoms with van der Waals surface area (Å²) >= 11 is 0. The van der Waals surface area contributed by atoms with E-state index in [0.717, 1.165) is 17.1 Å². The van der Waals surface area contributed by atoms with E-state index >= 15 is 0 Å². The van der Waals surface area contributed by atoms with E-state index in [1.54, 1.807) is 5.57 Å². The summed E-state index contributed by atoms with van der Waals surface area (Å²) in [7, 11) is 0. The summed E-state index contributed by atoms with van der Waals surface area (Å²) in [6, 6.07) is 0. The van der Waals surface area contributed by atoms with Crippen LogP contribution in [0.2, 0.25) is 0 Å². The van der Waals surface area contributed by atoms with Crippen LogP contribution in [0.15, 0.2) is 47.6 Å². The quantitative estimate of drug-likeness (QED) is 0.499. The SMILES string of the molecule is C=C1/C(=C\C=C2/CCC[C@]3(C)[C@@H]2CC[C@H]3[C@H](C)/C=C/[C@H](C)C(C)C)C[C@@H](O)C[C@@H]1O. The molecule has 0 heterocycles. The monoisotopic (exact) mass is 412 g/mol. The number of rotatable bonds is 5. The van der Waals surface area contributed by atoms with Crippen molar-refractivity contribution in [2.45, 2.75) is 91.8 Å². The first-order valence-corrected chi connectivity index (χ1v) is 12.3. The van der Waals surface area contributed by atoms with E-state index in [2.05, 4.69) is 65.5 Å². The summed E-state index contributed by atoms with van der Waals surface area (Å²) in [5.74, 6) is 3.38. The molecule has 3 fully saturated rings. The van der Waals surface area contributed by atoms with E-state index in [4.69, 9.17) is 0 Å². The summed E-state index contributed by atoms with van der Waals surface area (Å²) in [6.45, 7) is 16.0. The second-order valence-electron chi connectivity index (χ2n) is 11.0. The maximum atomic E-state index is 10.1. The molecule has 0 unspecified atom stereocenters. The van der Waals surface area contributed by atoms with Gasteiger partial charge < -0.3 is 10.2 Å². The minimum absolute atomic E-state index is 0.385. The van der Waals surface area contributed by atoms with Crippen molar-refractivity contribution < 1.29 is 10.2 Å². The third-order valence-corrected chi connectivity index (χ3v) is 8.71. The Kier molecular flexibility index (Phi) is 7.51. The molecule has 30 heavy (non-hydrogen) atoms. The molecule has 3 rings (SSSR count). The molecule has 7 atom stereocenters. The first kappa shape index (κ1) is 23.5. The Bertz CT molecular complexity index is 712. The lowest BCUT2D eigenvalue weighted by atomic mass is 9.61. The van der Waals surface area contributed by atoms with Crippen molar-refractivity contribution in [2.75, 3.05) is 0 Å². The topological polar surface area (TPSA) is 40.5 Å². The fourth-order valence-electron chi connectivity index (χ4n) is 6.32. The number of aliphatic hydroxyl groups excluding tert-OH is 2. The smallest absolute Gasteiger partial charge is 0.0811 e. The van der Waals surface area contributed by atoms with Gasteiger partial charge in [-0.15, -0.1) is 0 Å². The van der Waals surface area contributed by atoms with Gasteiger partial charge in [-0.1, -0.05) is 71.1 Å². The van der Waals surface area contributed by atoms with Gasteiger partial charge in [-0.3, -0.25) is 0 Å². The molecular weight excluding hydrogens is 368 g/mol. The Morgan fingerprint density at radius 2 is 1.80 bits per heavy atom. The van der Waals surface area contributed by atoms with Crippen molar-refractivity contribution in [1.82, 2.24) is 0 Å². The van der Waals surface area contributed by atoms with Crippen molar-refractivity contribution in [3.63, 3.8) is 0 Å².